The highest BCUT2D eigenvalue weighted by molar-refractivity contribution is 7.32. The van der Waals surface area contributed by atoms with Gasteiger partial charge in [0.05, 0.1) is 5.12 Å². The van der Waals surface area contributed by atoms with E-state index >= 15 is 0 Å². The van der Waals surface area contributed by atoms with Crippen LogP contribution < -0.4 is 0 Å². The van der Waals surface area contributed by atoms with Gasteiger partial charge in [-0.1, -0.05) is 0 Å². The lowest BCUT2D eigenvalue weighted by Gasteiger charge is -1.78. The Labute approximate surface area is 52.5 Å². The van der Waals surface area contributed by atoms with E-state index in [9.17, 15) is 0 Å². The lowest BCUT2D eigenvalue weighted by Crippen LogP contribution is -1.75. The Morgan fingerprint density at radius 2 is 2.44 bits per heavy atom. The first-order valence-corrected chi connectivity index (χ1v) is 3.38. The van der Waals surface area contributed by atoms with Crippen LogP contribution in [0.4, 0.5) is 0 Å². The fourth-order valence-corrected chi connectivity index (χ4v) is 1.21. The van der Waals surface area contributed by atoms with Crippen molar-refractivity contribution in [3.05, 3.63) is 12.5 Å². The van der Waals surface area contributed by atoms with Crippen LogP contribution in [0, 0.1) is 0 Å². The molecular formula is C4H3N4P. The van der Waals surface area contributed by atoms with Gasteiger partial charge in [-0.05, 0) is 8.35 Å². The first-order valence-electron chi connectivity index (χ1n) is 2.43. The maximum atomic E-state index is 3.89. The van der Waals surface area contributed by atoms with Gasteiger partial charge < -0.3 is 0 Å². The molecule has 0 amide bonds. The summed E-state index contributed by atoms with van der Waals surface area (Å²) in [6, 6.07) is 0. The van der Waals surface area contributed by atoms with E-state index in [4.69, 9.17) is 0 Å². The predicted octanol–water partition coefficient (Wildman–Crippen LogP) is 0.451. The van der Waals surface area contributed by atoms with Gasteiger partial charge >= 0.3 is 0 Å². The van der Waals surface area contributed by atoms with E-state index in [2.05, 4.69) is 19.9 Å². The van der Waals surface area contributed by atoms with Crippen molar-refractivity contribution < 1.29 is 0 Å². The summed E-state index contributed by atoms with van der Waals surface area (Å²) in [5, 5.41) is 4.82. The zero-order valence-electron chi connectivity index (χ0n) is 4.44. The Bertz CT molecular complexity index is 287. The van der Waals surface area contributed by atoms with Gasteiger partial charge in [-0.3, -0.25) is 0 Å². The SMILES string of the molecule is c1ncc2[pH]nnc2n1. The van der Waals surface area contributed by atoms with Crippen LogP contribution in [0.3, 0.4) is 0 Å². The quantitative estimate of drug-likeness (QED) is 0.530. The van der Waals surface area contributed by atoms with Gasteiger partial charge in [0.25, 0.3) is 0 Å². The lowest BCUT2D eigenvalue weighted by atomic mass is 10.6. The van der Waals surface area contributed by atoms with E-state index in [1.54, 1.807) is 6.20 Å². The molecule has 4 nitrogen and oxygen atoms in total. The topological polar surface area (TPSA) is 51.6 Å². The summed E-state index contributed by atoms with van der Waals surface area (Å²) in [6.07, 6.45) is 3.23. The number of fused-ring (bicyclic) bond motifs is 1. The van der Waals surface area contributed by atoms with Crippen molar-refractivity contribution in [3.8, 4) is 0 Å². The summed E-state index contributed by atoms with van der Waals surface area (Å²) in [5.41, 5.74) is 0.725. The minimum absolute atomic E-state index is 0.413. The third-order valence-corrected chi connectivity index (χ3v) is 1.80. The van der Waals surface area contributed by atoms with E-state index in [-0.39, 0.29) is 0 Å². The van der Waals surface area contributed by atoms with Gasteiger partial charge in [0.2, 0.25) is 0 Å². The zero-order chi connectivity index (χ0) is 6.10. The van der Waals surface area contributed by atoms with Gasteiger partial charge in [-0.2, -0.15) is 0 Å². The molecule has 44 valence electrons. The molecule has 0 spiro atoms. The molecule has 9 heavy (non-hydrogen) atoms. The molecule has 2 heterocycles. The van der Waals surface area contributed by atoms with Crippen molar-refractivity contribution in [2.45, 2.75) is 0 Å². The lowest BCUT2D eigenvalue weighted by molar-refractivity contribution is 1.13. The van der Waals surface area contributed by atoms with Crippen LogP contribution in [0.5, 0.6) is 0 Å². The molecule has 1 unspecified atom stereocenters. The summed E-state index contributed by atoms with van der Waals surface area (Å²) in [4.78, 5) is 11.5. The Balaban J connectivity index is 2.95. The van der Waals surface area contributed by atoms with E-state index in [1.807, 2.05) is 0 Å². The molecular weight excluding hydrogens is 135 g/mol. The van der Waals surface area contributed by atoms with Crippen molar-refractivity contribution in [1.29, 1.82) is 0 Å². The molecule has 2 aromatic rings. The maximum Gasteiger partial charge on any atom is 0.190 e. The third-order valence-electron chi connectivity index (χ3n) is 1.01. The molecule has 0 saturated heterocycles. The summed E-state index contributed by atoms with van der Waals surface area (Å²) >= 11 is 0. The molecule has 0 aliphatic heterocycles. The van der Waals surface area contributed by atoms with E-state index in [0.29, 0.717) is 8.35 Å². The molecule has 2 aromatic heterocycles. The number of rotatable bonds is 0. The molecule has 0 radical (unpaired) electrons. The minimum Gasteiger partial charge on any atom is -0.244 e. The van der Waals surface area contributed by atoms with Crippen LogP contribution in [0.25, 0.3) is 10.8 Å². The summed E-state index contributed by atoms with van der Waals surface area (Å²) in [6.45, 7) is 0. The molecule has 0 N–H and O–H groups in total. The standard InChI is InChI=1S/C4H3N4P/c1-3-4(6-2-5-1)7-8-9-3/h1-2,9H. The van der Waals surface area contributed by atoms with Crippen LogP contribution >= 0.6 is 8.35 Å². The van der Waals surface area contributed by atoms with E-state index in [0.717, 1.165) is 10.8 Å². The first kappa shape index (κ1) is 4.82. The van der Waals surface area contributed by atoms with Gasteiger partial charge in [0.1, 0.15) is 6.33 Å². The first-order chi connectivity index (χ1) is 4.47. The Morgan fingerprint density at radius 1 is 1.44 bits per heavy atom. The normalized spacial score (nSPS) is 11.1. The van der Waals surface area contributed by atoms with Crippen LogP contribution in [0.2, 0.25) is 0 Å². The van der Waals surface area contributed by atoms with Gasteiger partial charge in [0, 0.05) is 6.20 Å². The summed E-state index contributed by atoms with van der Waals surface area (Å²) in [5.74, 6) is 0. The molecule has 1 atom stereocenters. The largest absolute Gasteiger partial charge is 0.244 e. The smallest absolute Gasteiger partial charge is 0.190 e. The maximum absolute atomic E-state index is 3.89. The van der Waals surface area contributed by atoms with Gasteiger partial charge in [0.15, 0.2) is 5.65 Å². The molecule has 0 saturated carbocycles. The van der Waals surface area contributed by atoms with Crippen molar-refractivity contribution in [3.63, 3.8) is 0 Å². The van der Waals surface area contributed by atoms with Crippen LogP contribution in [0.1, 0.15) is 0 Å². The van der Waals surface area contributed by atoms with Crippen molar-refractivity contribution >= 4 is 19.1 Å². The second-order valence-electron chi connectivity index (χ2n) is 1.57. The van der Waals surface area contributed by atoms with Crippen LogP contribution in [-0.2, 0) is 0 Å². The van der Waals surface area contributed by atoms with Gasteiger partial charge in [-0.25, -0.2) is 9.97 Å². The van der Waals surface area contributed by atoms with Crippen LogP contribution in [-0.4, -0.2) is 19.9 Å². The highest BCUT2D eigenvalue weighted by Crippen LogP contribution is 2.13. The van der Waals surface area contributed by atoms with E-state index < -0.39 is 0 Å². The number of hydrogen-bond acceptors (Lipinski definition) is 4. The zero-order valence-corrected chi connectivity index (χ0v) is 5.44. The van der Waals surface area contributed by atoms with Crippen molar-refractivity contribution in [1.82, 2.24) is 19.9 Å². The number of nitrogens with zero attached hydrogens (tertiary/aromatic N) is 4. The Hall–Kier alpha value is -1.02. The Kier molecular flexibility index (Phi) is 0.932. The van der Waals surface area contributed by atoms with Gasteiger partial charge in [-0.15, -0.1) is 9.96 Å². The second-order valence-corrected chi connectivity index (χ2v) is 2.53. The fraction of sp³-hybridized carbons (Fsp3) is 0. The molecule has 2 rings (SSSR count). The fourth-order valence-electron chi connectivity index (χ4n) is 0.608. The Morgan fingerprint density at radius 3 is 3.33 bits per heavy atom. The highest BCUT2D eigenvalue weighted by atomic mass is 31.0. The monoisotopic (exact) mass is 138 g/mol. The minimum atomic E-state index is 0.413. The molecule has 5 heteroatoms. The number of hydrogen-bond donors (Lipinski definition) is 0. The molecule has 0 fully saturated rings. The molecule has 0 aliphatic carbocycles. The average molecular weight is 138 g/mol. The molecule has 0 aromatic carbocycles. The third kappa shape index (κ3) is 0.678. The molecule has 0 bridgehead atoms. The predicted molar refractivity (Wildman–Crippen MR) is 34.6 cm³/mol. The number of aromatic nitrogens is 4. The molecule has 0 aliphatic rings. The highest BCUT2D eigenvalue weighted by Gasteiger charge is 1.92. The average Bonchev–Trinajstić information content (AvgIpc) is 2.33. The summed E-state index contributed by atoms with van der Waals surface area (Å²) < 4.78 is 0. The van der Waals surface area contributed by atoms with Crippen LogP contribution in [0.15, 0.2) is 12.5 Å². The van der Waals surface area contributed by atoms with Crippen molar-refractivity contribution in [2.24, 2.45) is 0 Å². The summed E-state index contributed by atoms with van der Waals surface area (Å²) in [7, 11) is 0.413. The second kappa shape index (κ2) is 1.74. The van der Waals surface area contributed by atoms with E-state index in [1.165, 1.54) is 6.33 Å². The van der Waals surface area contributed by atoms with Crippen molar-refractivity contribution in [2.75, 3.05) is 0 Å².